The number of hydrogen-bond donors (Lipinski definition) is 1. The molecule has 0 aliphatic rings. The molecule has 0 bridgehead atoms. The number of rotatable bonds is 6. The minimum absolute atomic E-state index is 0.229. The molecule has 0 saturated heterocycles. The highest BCUT2D eigenvalue weighted by atomic mass is 79.9. The van der Waals surface area contributed by atoms with Gasteiger partial charge in [0.15, 0.2) is 0 Å². The second-order valence-corrected chi connectivity index (χ2v) is 4.81. The van der Waals surface area contributed by atoms with E-state index in [1.165, 1.54) is 0 Å². The highest BCUT2D eigenvalue weighted by Crippen LogP contribution is 2.20. The van der Waals surface area contributed by atoms with Crippen molar-refractivity contribution >= 4 is 21.9 Å². The van der Waals surface area contributed by atoms with E-state index in [2.05, 4.69) is 26.3 Å². The molecule has 0 fully saturated rings. The van der Waals surface area contributed by atoms with Crippen molar-refractivity contribution < 1.29 is 9.53 Å². The van der Waals surface area contributed by atoms with E-state index in [1.807, 2.05) is 18.5 Å². The molecule has 18 heavy (non-hydrogen) atoms. The standard InChI is InChI=1S/C12H20BrN3O2/c1-5-16-10(11(13)8(3)15-16)7-14-9(4)12(17)18-6-2/h9,14H,5-7H2,1-4H3. The molecule has 1 N–H and O–H groups in total. The number of esters is 1. The van der Waals surface area contributed by atoms with Crippen LogP contribution in [-0.2, 0) is 22.6 Å². The summed E-state index contributed by atoms with van der Waals surface area (Å²) in [6.45, 7) is 9.38. The van der Waals surface area contributed by atoms with Crippen LogP contribution in [-0.4, -0.2) is 28.4 Å². The van der Waals surface area contributed by atoms with Gasteiger partial charge >= 0.3 is 5.97 Å². The van der Waals surface area contributed by atoms with Gasteiger partial charge in [0, 0.05) is 13.1 Å². The quantitative estimate of drug-likeness (QED) is 0.815. The SMILES string of the molecule is CCOC(=O)C(C)NCc1c(Br)c(C)nn1CC. The van der Waals surface area contributed by atoms with E-state index in [9.17, 15) is 4.79 Å². The lowest BCUT2D eigenvalue weighted by Gasteiger charge is -2.13. The number of carbonyl (C=O) groups is 1. The fourth-order valence-electron chi connectivity index (χ4n) is 1.64. The summed E-state index contributed by atoms with van der Waals surface area (Å²) in [6, 6.07) is -0.322. The van der Waals surface area contributed by atoms with E-state index in [0.29, 0.717) is 13.2 Å². The molecule has 1 aromatic heterocycles. The molecular weight excluding hydrogens is 298 g/mol. The summed E-state index contributed by atoms with van der Waals surface area (Å²) < 4.78 is 7.86. The average molecular weight is 318 g/mol. The number of aromatic nitrogens is 2. The van der Waals surface area contributed by atoms with Crippen LogP contribution in [0.3, 0.4) is 0 Å². The molecule has 0 radical (unpaired) electrons. The van der Waals surface area contributed by atoms with Crippen LogP contribution in [0.4, 0.5) is 0 Å². The van der Waals surface area contributed by atoms with Crippen molar-refractivity contribution in [1.82, 2.24) is 15.1 Å². The van der Waals surface area contributed by atoms with Crippen molar-refractivity contribution in [3.63, 3.8) is 0 Å². The normalized spacial score (nSPS) is 12.5. The van der Waals surface area contributed by atoms with Crippen LogP contribution in [0.2, 0.25) is 0 Å². The maximum absolute atomic E-state index is 11.5. The number of halogens is 1. The smallest absolute Gasteiger partial charge is 0.322 e. The van der Waals surface area contributed by atoms with Gasteiger partial charge in [-0.2, -0.15) is 5.10 Å². The first-order chi connectivity index (χ1) is 8.51. The summed E-state index contributed by atoms with van der Waals surface area (Å²) in [5.74, 6) is -0.229. The zero-order valence-corrected chi connectivity index (χ0v) is 12.9. The van der Waals surface area contributed by atoms with Crippen LogP contribution < -0.4 is 5.32 Å². The Morgan fingerprint density at radius 3 is 2.78 bits per heavy atom. The van der Waals surface area contributed by atoms with Crippen LogP contribution in [0.25, 0.3) is 0 Å². The molecule has 0 aliphatic carbocycles. The Labute approximate surface area is 116 Å². The van der Waals surface area contributed by atoms with Crippen molar-refractivity contribution in [2.75, 3.05) is 6.61 Å². The monoisotopic (exact) mass is 317 g/mol. The van der Waals surface area contributed by atoms with Crippen molar-refractivity contribution in [3.8, 4) is 0 Å². The summed E-state index contributed by atoms with van der Waals surface area (Å²) in [4.78, 5) is 11.5. The van der Waals surface area contributed by atoms with Crippen LogP contribution in [0.1, 0.15) is 32.2 Å². The van der Waals surface area contributed by atoms with Crippen LogP contribution in [0, 0.1) is 6.92 Å². The highest BCUT2D eigenvalue weighted by Gasteiger charge is 2.16. The summed E-state index contributed by atoms with van der Waals surface area (Å²) in [5.41, 5.74) is 2.00. The lowest BCUT2D eigenvalue weighted by Crippen LogP contribution is -2.35. The molecule has 1 unspecified atom stereocenters. The van der Waals surface area contributed by atoms with E-state index in [1.54, 1.807) is 13.8 Å². The molecule has 0 saturated carbocycles. The van der Waals surface area contributed by atoms with Gasteiger partial charge < -0.3 is 4.74 Å². The lowest BCUT2D eigenvalue weighted by molar-refractivity contribution is -0.145. The van der Waals surface area contributed by atoms with Gasteiger partial charge in [0.25, 0.3) is 0 Å². The second-order valence-electron chi connectivity index (χ2n) is 4.02. The second kappa shape index (κ2) is 6.89. The molecule has 0 spiro atoms. The van der Waals surface area contributed by atoms with Crippen LogP contribution >= 0.6 is 15.9 Å². The molecule has 0 aliphatic heterocycles. The lowest BCUT2D eigenvalue weighted by atomic mass is 10.3. The first kappa shape index (κ1) is 15.2. The van der Waals surface area contributed by atoms with Gasteiger partial charge in [0.05, 0.1) is 22.5 Å². The van der Waals surface area contributed by atoms with Gasteiger partial charge in [-0.25, -0.2) is 0 Å². The van der Waals surface area contributed by atoms with Gasteiger partial charge in [-0.05, 0) is 43.6 Å². The summed E-state index contributed by atoms with van der Waals surface area (Å²) in [7, 11) is 0. The fraction of sp³-hybridized carbons (Fsp3) is 0.667. The topological polar surface area (TPSA) is 56.1 Å². The largest absolute Gasteiger partial charge is 0.465 e. The first-order valence-electron chi connectivity index (χ1n) is 6.13. The Morgan fingerprint density at radius 1 is 1.56 bits per heavy atom. The Balaban J connectivity index is 2.66. The van der Waals surface area contributed by atoms with E-state index in [0.717, 1.165) is 22.4 Å². The summed E-state index contributed by atoms with van der Waals surface area (Å²) in [6.07, 6.45) is 0. The van der Waals surface area contributed by atoms with Gasteiger partial charge in [-0.1, -0.05) is 0 Å². The maximum atomic E-state index is 11.5. The Bertz CT molecular complexity index is 418. The third-order valence-electron chi connectivity index (χ3n) is 2.67. The molecule has 0 amide bonds. The van der Waals surface area contributed by atoms with Gasteiger partial charge in [0.1, 0.15) is 6.04 Å². The van der Waals surface area contributed by atoms with Crippen LogP contribution in [0.15, 0.2) is 4.47 Å². The first-order valence-corrected chi connectivity index (χ1v) is 6.92. The Kier molecular flexibility index (Phi) is 5.81. The van der Waals surface area contributed by atoms with Crippen molar-refractivity contribution in [2.24, 2.45) is 0 Å². The zero-order valence-electron chi connectivity index (χ0n) is 11.3. The Hall–Kier alpha value is -0.880. The van der Waals surface area contributed by atoms with Gasteiger partial charge in [0.2, 0.25) is 0 Å². The number of aryl methyl sites for hydroxylation is 2. The van der Waals surface area contributed by atoms with Gasteiger partial charge in [-0.3, -0.25) is 14.8 Å². The van der Waals surface area contributed by atoms with Crippen molar-refractivity contribution in [1.29, 1.82) is 0 Å². The molecular formula is C12H20BrN3O2. The highest BCUT2D eigenvalue weighted by molar-refractivity contribution is 9.10. The van der Waals surface area contributed by atoms with Crippen molar-refractivity contribution in [3.05, 3.63) is 15.9 Å². The van der Waals surface area contributed by atoms with E-state index in [-0.39, 0.29) is 12.0 Å². The predicted octanol–water partition coefficient (Wildman–Crippen LogP) is 2.02. The minimum Gasteiger partial charge on any atom is -0.465 e. The summed E-state index contributed by atoms with van der Waals surface area (Å²) >= 11 is 3.52. The number of carbonyl (C=O) groups excluding carboxylic acids is 1. The zero-order chi connectivity index (χ0) is 13.7. The molecule has 102 valence electrons. The number of hydrogen-bond acceptors (Lipinski definition) is 4. The number of nitrogens with zero attached hydrogens (tertiary/aromatic N) is 2. The molecule has 1 atom stereocenters. The Morgan fingerprint density at radius 2 is 2.22 bits per heavy atom. The van der Waals surface area contributed by atoms with Crippen molar-refractivity contribution in [2.45, 2.75) is 46.8 Å². The molecule has 0 aromatic carbocycles. The van der Waals surface area contributed by atoms with Crippen LogP contribution in [0.5, 0.6) is 0 Å². The number of nitrogens with one attached hydrogen (secondary N) is 1. The molecule has 1 aromatic rings. The molecule has 1 rings (SSSR count). The van der Waals surface area contributed by atoms with Gasteiger partial charge in [-0.15, -0.1) is 0 Å². The van der Waals surface area contributed by atoms with E-state index < -0.39 is 0 Å². The van der Waals surface area contributed by atoms with E-state index in [4.69, 9.17) is 4.74 Å². The number of ether oxygens (including phenoxy) is 1. The van der Waals surface area contributed by atoms with E-state index >= 15 is 0 Å². The summed E-state index contributed by atoms with van der Waals surface area (Å²) in [5, 5.41) is 7.55. The minimum atomic E-state index is -0.322. The molecule has 6 heteroatoms. The fourth-order valence-corrected chi connectivity index (χ4v) is 2.06. The predicted molar refractivity (Wildman–Crippen MR) is 73.3 cm³/mol. The average Bonchev–Trinajstić information content (AvgIpc) is 2.62. The third-order valence-corrected chi connectivity index (χ3v) is 3.70. The molecule has 1 heterocycles. The third kappa shape index (κ3) is 3.55. The maximum Gasteiger partial charge on any atom is 0.322 e. The molecule has 5 nitrogen and oxygen atoms in total.